The van der Waals surface area contributed by atoms with Crippen LogP contribution >= 0.6 is 26.3 Å². The van der Waals surface area contributed by atoms with Gasteiger partial charge in [0.2, 0.25) is 0 Å². The molecule has 0 N–H and O–H groups in total. The molecular formula is C34H72IP. The molecule has 0 aliphatic heterocycles. The van der Waals surface area contributed by atoms with Gasteiger partial charge in [-0.05, 0) is 0 Å². The van der Waals surface area contributed by atoms with Crippen LogP contribution in [0.5, 0.6) is 0 Å². The van der Waals surface area contributed by atoms with Crippen molar-refractivity contribution in [2.24, 2.45) is 0 Å². The van der Waals surface area contributed by atoms with Crippen molar-refractivity contribution >= 4 is 26.3 Å². The third-order valence-electron chi connectivity index (χ3n) is 8.71. The van der Waals surface area contributed by atoms with E-state index in [-0.39, 0.29) is 0 Å². The van der Waals surface area contributed by atoms with Gasteiger partial charge in [0.15, 0.2) is 0 Å². The Morgan fingerprint density at radius 1 is 0.278 bits per heavy atom. The summed E-state index contributed by atoms with van der Waals surface area (Å²) in [6.45, 7) is 9.55. The summed E-state index contributed by atoms with van der Waals surface area (Å²) < 4.78 is -1.51. The zero-order valence-electron chi connectivity index (χ0n) is 26.0. The van der Waals surface area contributed by atoms with Crippen LogP contribution in [0.4, 0.5) is 0 Å². The van der Waals surface area contributed by atoms with Crippen LogP contribution < -0.4 is 0 Å². The van der Waals surface area contributed by atoms with E-state index in [4.69, 9.17) is 0 Å². The molecule has 0 aromatic rings. The molecule has 0 heterocycles. The van der Waals surface area contributed by atoms with Crippen molar-refractivity contribution in [3.05, 3.63) is 0 Å². The summed E-state index contributed by atoms with van der Waals surface area (Å²) in [5.74, 6) is 0. The molecular weight excluding hydrogens is 566 g/mol. The van der Waals surface area contributed by atoms with Crippen LogP contribution in [0, 0.1) is 0 Å². The van der Waals surface area contributed by atoms with Gasteiger partial charge in [-0.3, -0.25) is 0 Å². The van der Waals surface area contributed by atoms with E-state index in [9.17, 15) is 0 Å². The van der Waals surface area contributed by atoms with E-state index in [0.29, 0.717) is 0 Å². The summed E-state index contributed by atoms with van der Waals surface area (Å²) in [7, 11) is 0. The molecule has 0 fully saturated rings. The van der Waals surface area contributed by atoms with Gasteiger partial charge in [0.25, 0.3) is 0 Å². The molecule has 0 aliphatic rings. The van der Waals surface area contributed by atoms with Crippen molar-refractivity contribution in [3.63, 3.8) is 0 Å². The molecule has 2 heteroatoms. The molecule has 0 amide bonds. The molecule has 0 aromatic heterocycles. The maximum atomic E-state index is 3.12. The van der Waals surface area contributed by atoms with Crippen LogP contribution in [0.2, 0.25) is 0 Å². The van der Waals surface area contributed by atoms with Crippen LogP contribution in [0.25, 0.3) is 0 Å². The number of rotatable bonds is 30. The predicted octanol–water partition coefficient (Wildman–Crippen LogP) is 14.1. The topological polar surface area (TPSA) is 0 Å². The van der Waals surface area contributed by atoms with Crippen molar-refractivity contribution in [3.8, 4) is 0 Å². The van der Waals surface area contributed by atoms with Crippen molar-refractivity contribution in [2.45, 2.75) is 195 Å². The van der Waals surface area contributed by atoms with Gasteiger partial charge < -0.3 is 0 Å². The van der Waals surface area contributed by atoms with Crippen molar-refractivity contribution in [1.29, 1.82) is 0 Å². The second-order valence-electron chi connectivity index (χ2n) is 12.5. The monoisotopic (exact) mass is 638 g/mol. The minimum atomic E-state index is -1.51. The standard InChI is InChI=1S/C34H72IP/c1-5-9-11-13-15-17-19-21-23-25-27-29-33-36(35,31-7-3,32-8-4)34-30-28-26-24-22-20-18-16-14-12-10-6-2/h5-34H2,1-4H3. The fourth-order valence-electron chi connectivity index (χ4n) is 6.48. The van der Waals surface area contributed by atoms with Gasteiger partial charge in [0.1, 0.15) is 0 Å². The minimum absolute atomic E-state index is 1.37. The summed E-state index contributed by atoms with van der Waals surface area (Å²) in [5.41, 5.74) is 0. The summed E-state index contributed by atoms with van der Waals surface area (Å²) in [4.78, 5) is 0. The second kappa shape index (κ2) is 26.4. The molecule has 36 heavy (non-hydrogen) atoms. The zero-order chi connectivity index (χ0) is 26.7. The second-order valence-corrected chi connectivity index (χ2v) is 26.1. The fraction of sp³-hybridized carbons (Fsp3) is 1.00. The Morgan fingerprint density at radius 2 is 0.500 bits per heavy atom. The van der Waals surface area contributed by atoms with E-state index < -0.39 is 4.25 Å². The van der Waals surface area contributed by atoms with Gasteiger partial charge in [-0.15, -0.1) is 0 Å². The smallest absolute Gasteiger partial charge is 0.0654 e. The van der Waals surface area contributed by atoms with Crippen molar-refractivity contribution < 1.29 is 0 Å². The summed E-state index contributed by atoms with van der Waals surface area (Å²) >= 11 is 3.12. The average molecular weight is 639 g/mol. The predicted molar refractivity (Wildman–Crippen MR) is 183 cm³/mol. The number of hydrogen-bond acceptors (Lipinski definition) is 0. The first-order chi connectivity index (χ1) is 17.5. The molecule has 0 bridgehead atoms. The van der Waals surface area contributed by atoms with E-state index in [1.54, 1.807) is 24.6 Å². The average Bonchev–Trinajstić information content (AvgIpc) is 2.86. The van der Waals surface area contributed by atoms with E-state index in [1.165, 1.54) is 167 Å². The Labute approximate surface area is 244 Å². The van der Waals surface area contributed by atoms with Crippen molar-refractivity contribution in [1.82, 2.24) is 0 Å². The van der Waals surface area contributed by atoms with Gasteiger partial charge in [-0.25, -0.2) is 0 Å². The van der Waals surface area contributed by atoms with Crippen LogP contribution in [0.1, 0.15) is 195 Å². The molecule has 0 atom stereocenters. The van der Waals surface area contributed by atoms with Gasteiger partial charge >= 0.3 is 219 Å². The van der Waals surface area contributed by atoms with E-state index in [2.05, 4.69) is 49.7 Å². The number of unbranched alkanes of at least 4 members (excludes halogenated alkanes) is 22. The van der Waals surface area contributed by atoms with Crippen LogP contribution in [-0.4, -0.2) is 24.6 Å². The summed E-state index contributed by atoms with van der Waals surface area (Å²) in [5, 5.41) is 0. The fourth-order valence-corrected chi connectivity index (χ4v) is 17.0. The van der Waals surface area contributed by atoms with Crippen LogP contribution in [-0.2, 0) is 0 Å². The van der Waals surface area contributed by atoms with E-state index in [1.807, 2.05) is 0 Å². The first-order valence-electron chi connectivity index (χ1n) is 17.3. The molecule has 220 valence electrons. The Bertz CT molecular complexity index is 397. The Morgan fingerprint density at radius 3 is 0.722 bits per heavy atom. The van der Waals surface area contributed by atoms with Gasteiger partial charge in [-0.1, -0.05) is 26.7 Å². The van der Waals surface area contributed by atoms with Gasteiger partial charge in [-0.2, -0.15) is 0 Å². The minimum Gasteiger partial charge on any atom is -0.0654 e. The molecule has 0 aromatic carbocycles. The van der Waals surface area contributed by atoms with Gasteiger partial charge in [0, 0.05) is 0 Å². The third kappa shape index (κ3) is 22.0. The Hall–Kier alpha value is 1.16. The normalized spacial score (nSPS) is 13.2. The Balaban J connectivity index is 4.03. The molecule has 0 saturated heterocycles. The first kappa shape index (κ1) is 37.2. The SMILES string of the molecule is CCCCCCCCCCCCCCP(I)(CCC)(CCC)CCCCCCCCCCCCCC. The van der Waals surface area contributed by atoms with Gasteiger partial charge in [0.05, 0.1) is 0 Å². The molecule has 0 spiro atoms. The maximum absolute atomic E-state index is 3.12. The number of halogens is 1. The molecule has 0 rings (SSSR count). The first-order valence-corrected chi connectivity index (χ1v) is 23.0. The molecule has 0 nitrogen and oxygen atoms in total. The number of hydrogen-bond donors (Lipinski definition) is 0. The third-order valence-corrected chi connectivity index (χ3v) is 20.5. The van der Waals surface area contributed by atoms with E-state index >= 15 is 0 Å². The van der Waals surface area contributed by atoms with Crippen molar-refractivity contribution in [2.75, 3.05) is 24.6 Å². The molecule has 0 aliphatic carbocycles. The summed E-state index contributed by atoms with van der Waals surface area (Å²) in [6, 6.07) is 0. The van der Waals surface area contributed by atoms with Crippen LogP contribution in [0.15, 0.2) is 0 Å². The summed E-state index contributed by atoms with van der Waals surface area (Å²) in [6.07, 6.45) is 44.6. The van der Waals surface area contributed by atoms with Crippen LogP contribution in [0.3, 0.4) is 0 Å². The molecule has 0 radical (unpaired) electrons. The van der Waals surface area contributed by atoms with E-state index in [0.717, 1.165) is 0 Å². The quantitative estimate of drug-likeness (QED) is 0.0417. The molecule has 0 unspecified atom stereocenters. The zero-order valence-corrected chi connectivity index (χ0v) is 29.1. The Kier molecular flexibility index (Phi) is 27.2. The molecule has 0 saturated carbocycles.